The van der Waals surface area contributed by atoms with Gasteiger partial charge in [-0.3, -0.25) is 14.4 Å². The zero-order valence-electron chi connectivity index (χ0n) is 50.6. The lowest BCUT2D eigenvalue weighted by atomic mass is 10.0. The predicted molar refractivity (Wildman–Crippen MR) is 339 cm³/mol. The quantitative estimate of drug-likeness (QED) is 0.0261. The summed E-state index contributed by atoms with van der Waals surface area (Å²) in [5.74, 6) is -0.935. The fourth-order valence-corrected chi connectivity index (χ4v) is 8.65. The molecule has 0 aromatic heterocycles. The number of allylic oxidation sites excluding steroid dienone is 22. The lowest BCUT2D eigenvalue weighted by Crippen LogP contribution is -2.30. The van der Waals surface area contributed by atoms with Crippen LogP contribution in [0.4, 0.5) is 0 Å². The van der Waals surface area contributed by atoms with Gasteiger partial charge in [-0.05, 0) is 116 Å². The van der Waals surface area contributed by atoms with Gasteiger partial charge in [-0.2, -0.15) is 0 Å². The molecule has 0 radical (unpaired) electrons. The van der Waals surface area contributed by atoms with Crippen LogP contribution in [0, 0.1) is 0 Å². The molecule has 1 unspecified atom stereocenters. The number of ether oxygens (including phenoxy) is 3. The molecule has 0 rings (SSSR count). The van der Waals surface area contributed by atoms with E-state index in [1.165, 1.54) is 83.5 Å². The molecule has 0 aliphatic rings. The highest BCUT2D eigenvalue weighted by Gasteiger charge is 2.19. The number of esters is 3. The van der Waals surface area contributed by atoms with E-state index in [4.69, 9.17) is 14.2 Å². The van der Waals surface area contributed by atoms with Crippen LogP contribution in [0.15, 0.2) is 134 Å². The molecule has 0 fully saturated rings. The van der Waals surface area contributed by atoms with Crippen LogP contribution in [0.25, 0.3) is 0 Å². The molecule has 0 aliphatic heterocycles. The van der Waals surface area contributed by atoms with Crippen LogP contribution >= 0.6 is 0 Å². The van der Waals surface area contributed by atoms with Crippen LogP contribution in [-0.4, -0.2) is 37.2 Å². The Morgan fingerprint density at radius 3 is 0.782 bits per heavy atom. The average molecular weight is 1080 g/mol. The summed E-state index contributed by atoms with van der Waals surface area (Å²) < 4.78 is 16.9. The Hall–Kier alpha value is -4.45. The first-order chi connectivity index (χ1) is 38.5. The minimum atomic E-state index is -0.804. The average Bonchev–Trinajstić information content (AvgIpc) is 3.44. The zero-order valence-corrected chi connectivity index (χ0v) is 50.6. The molecule has 1 atom stereocenters. The molecule has 6 heteroatoms. The van der Waals surface area contributed by atoms with E-state index in [0.717, 1.165) is 161 Å². The second kappa shape index (κ2) is 65.1. The fraction of sp³-hybridized carbons (Fsp3) is 0.653. The normalized spacial score (nSPS) is 13.0. The summed E-state index contributed by atoms with van der Waals surface area (Å²) in [7, 11) is 0. The molecule has 0 bridgehead atoms. The Kier molecular flexibility index (Phi) is 61.4. The largest absolute Gasteiger partial charge is 0.462 e. The molecule has 0 aromatic rings. The van der Waals surface area contributed by atoms with E-state index in [1.807, 2.05) is 0 Å². The van der Waals surface area contributed by atoms with Gasteiger partial charge in [0.15, 0.2) is 6.10 Å². The molecule has 0 spiro atoms. The van der Waals surface area contributed by atoms with Gasteiger partial charge in [-0.25, -0.2) is 0 Å². The number of rotatable bonds is 57. The highest BCUT2D eigenvalue weighted by atomic mass is 16.6. The van der Waals surface area contributed by atoms with E-state index in [0.29, 0.717) is 19.3 Å². The predicted octanol–water partition coefficient (Wildman–Crippen LogP) is 22.2. The molecule has 0 amide bonds. The molecule has 6 nitrogen and oxygen atoms in total. The smallest absolute Gasteiger partial charge is 0.306 e. The highest BCUT2D eigenvalue weighted by Crippen LogP contribution is 2.16. The SMILES string of the molecule is CC/C=C\C/C=C\C/C=C\C/C=C\C/C=C\C/C=C\C/C=C\CCCCCCCC(=O)OCC(COC(=O)CCCCCCCCCCCCCCCCCC)OC(=O)CCCCCC/C=C\C/C=C\C/C=C\C/C=C\CC. The summed E-state index contributed by atoms with van der Waals surface area (Å²) in [6.45, 7) is 6.39. The Bertz CT molecular complexity index is 1670. The van der Waals surface area contributed by atoms with E-state index in [9.17, 15) is 14.4 Å². The summed E-state index contributed by atoms with van der Waals surface area (Å²) in [6, 6.07) is 0. The van der Waals surface area contributed by atoms with Crippen LogP contribution in [0.1, 0.15) is 284 Å². The molecular weight excluding hydrogens is 961 g/mol. The number of carbonyl (C=O) groups excluding carboxylic acids is 3. The van der Waals surface area contributed by atoms with Crippen molar-refractivity contribution >= 4 is 17.9 Å². The van der Waals surface area contributed by atoms with Gasteiger partial charge in [0, 0.05) is 19.3 Å². The first kappa shape index (κ1) is 73.5. The maximum Gasteiger partial charge on any atom is 0.306 e. The van der Waals surface area contributed by atoms with Crippen molar-refractivity contribution in [2.24, 2.45) is 0 Å². The molecule has 0 saturated heterocycles. The topological polar surface area (TPSA) is 78.9 Å². The lowest BCUT2D eigenvalue weighted by molar-refractivity contribution is -0.167. The van der Waals surface area contributed by atoms with E-state index in [-0.39, 0.29) is 31.1 Å². The van der Waals surface area contributed by atoms with Crippen molar-refractivity contribution in [3.8, 4) is 0 Å². The van der Waals surface area contributed by atoms with Gasteiger partial charge in [0.25, 0.3) is 0 Å². The maximum atomic E-state index is 12.9. The van der Waals surface area contributed by atoms with Gasteiger partial charge in [-0.1, -0.05) is 283 Å². The summed E-state index contributed by atoms with van der Waals surface area (Å²) in [5.41, 5.74) is 0. The third-order valence-electron chi connectivity index (χ3n) is 13.4. The monoisotopic (exact) mass is 1080 g/mol. The second-order valence-corrected chi connectivity index (χ2v) is 20.9. The standard InChI is InChI=1S/C72H118O6/c1-4-7-10-13-16-19-22-25-28-31-32-33-34-35-36-37-38-39-40-42-44-47-50-53-56-59-62-65-71(74)77-68-69(67-76-70(73)64-61-58-55-52-49-46-43-30-27-24-21-18-15-12-9-6-3)78-72(75)66-63-60-57-54-51-48-45-41-29-26-23-20-17-14-11-8-5-2/h7-8,10-11,16-17,19-20,25-26,28-29,32-33,35-36,38-39,42,44-45,48,69H,4-6,9,12-15,18,21-24,27,30-31,34,37,40-41,43,46-47,49-68H2,1-3H3/b10-7-,11-8-,19-16-,20-17-,28-25-,29-26-,33-32-,36-35-,39-38-,44-42-,48-45-. The molecule has 0 saturated carbocycles. The van der Waals surface area contributed by atoms with Crippen LogP contribution in [0.2, 0.25) is 0 Å². The zero-order chi connectivity index (χ0) is 56.4. The third kappa shape index (κ3) is 62.4. The summed E-state index contributed by atoms with van der Waals surface area (Å²) >= 11 is 0. The number of hydrogen-bond acceptors (Lipinski definition) is 6. The Morgan fingerprint density at radius 1 is 0.269 bits per heavy atom. The van der Waals surface area contributed by atoms with E-state index < -0.39 is 6.10 Å². The van der Waals surface area contributed by atoms with Crippen LogP contribution < -0.4 is 0 Å². The van der Waals surface area contributed by atoms with Gasteiger partial charge in [0.2, 0.25) is 0 Å². The summed E-state index contributed by atoms with van der Waals surface area (Å²) in [4.78, 5) is 38.3. The molecule has 78 heavy (non-hydrogen) atoms. The van der Waals surface area contributed by atoms with Gasteiger partial charge in [0.05, 0.1) is 0 Å². The minimum absolute atomic E-state index is 0.0958. The number of carbonyl (C=O) groups is 3. The van der Waals surface area contributed by atoms with Gasteiger partial charge in [0.1, 0.15) is 13.2 Å². The van der Waals surface area contributed by atoms with Crippen LogP contribution in [-0.2, 0) is 28.6 Å². The maximum absolute atomic E-state index is 12.9. The van der Waals surface area contributed by atoms with E-state index in [2.05, 4.69) is 154 Å². The molecule has 0 aromatic carbocycles. The Morgan fingerprint density at radius 2 is 0.500 bits per heavy atom. The van der Waals surface area contributed by atoms with Gasteiger partial charge < -0.3 is 14.2 Å². The third-order valence-corrected chi connectivity index (χ3v) is 13.4. The van der Waals surface area contributed by atoms with Gasteiger partial charge in [-0.15, -0.1) is 0 Å². The van der Waals surface area contributed by atoms with Crippen molar-refractivity contribution in [2.45, 2.75) is 290 Å². The summed E-state index contributed by atoms with van der Waals surface area (Å²) in [6.07, 6.45) is 91.6. The minimum Gasteiger partial charge on any atom is -0.462 e. The first-order valence-electron chi connectivity index (χ1n) is 32.2. The van der Waals surface area contributed by atoms with Crippen molar-refractivity contribution in [2.75, 3.05) is 13.2 Å². The van der Waals surface area contributed by atoms with E-state index >= 15 is 0 Å². The molecule has 0 N–H and O–H groups in total. The van der Waals surface area contributed by atoms with Gasteiger partial charge >= 0.3 is 17.9 Å². The Balaban J connectivity index is 4.44. The van der Waals surface area contributed by atoms with Crippen LogP contribution in [0.3, 0.4) is 0 Å². The number of unbranched alkanes of at least 4 members (excludes halogenated alkanes) is 24. The summed E-state index contributed by atoms with van der Waals surface area (Å²) in [5, 5.41) is 0. The van der Waals surface area contributed by atoms with E-state index in [1.54, 1.807) is 0 Å². The van der Waals surface area contributed by atoms with Crippen molar-refractivity contribution in [1.82, 2.24) is 0 Å². The molecule has 0 aliphatic carbocycles. The second-order valence-electron chi connectivity index (χ2n) is 20.9. The lowest BCUT2D eigenvalue weighted by Gasteiger charge is -2.18. The molecular formula is C72H118O6. The van der Waals surface area contributed by atoms with Crippen molar-refractivity contribution < 1.29 is 28.6 Å². The fourth-order valence-electron chi connectivity index (χ4n) is 8.65. The number of hydrogen-bond donors (Lipinski definition) is 0. The Labute approximate surface area is 481 Å². The molecule has 442 valence electrons. The van der Waals surface area contributed by atoms with Crippen molar-refractivity contribution in [3.05, 3.63) is 134 Å². The van der Waals surface area contributed by atoms with Crippen molar-refractivity contribution in [3.63, 3.8) is 0 Å². The van der Waals surface area contributed by atoms with Crippen LogP contribution in [0.5, 0.6) is 0 Å². The molecule has 0 heterocycles. The first-order valence-corrected chi connectivity index (χ1v) is 32.2. The van der Waals surface area contributed by atoms with Crippen molar-refractivity contribution in [1.29, 1.82) is 0 Å². The highest BCUT2D eigenvalue weighted by molar-refractivity contribution is 5.71.